The zero-order chi connectivity index (χ0) is 18.5. The predicted molar refractivity (Wildman–Crippen MR) is 106 cm³/mol. The predicted octanol–water partition coefficient (Wildman–Crippen LogP) is 5.16. The third-order valence-corrected chi connectivity index (χ3v) is 6.10. The van der Waals surface area contributed by atoms with Crippen LogP contribution in [-0.4, -0.2) is 11.1 Å². The Labute approximate surface area is 158 Å². The summed E-state index contributed by atoms with van der Waals surface area (Å²) in [5.41, 5.74) is 7.39. The van der Waals surface area contributed by atoms with Crippen LogP contribution in [0.5, 0.6) is 0 Å². The van der Waals surface area contributed by atoms with E-state index >= 15 is 0 Å². The van der Waals surface area contributed by atoms with Gasteiger partial charge in [0.25, 0.3) is 0 Å². The number of carboxylic acid groups (broad SMARTS) is 1. The number of carboxylic acids is 1. The molecule has 1 aliphatic carbocycles. The Bertz CT molecular complexity index is 1040. The number of fused-ring (bicyclic) bond motifs is 5. The highest BCUT2D eigenvalue weighted by molar-refractivity contribution is 5.96. The van der Waals surface area contributed by atoms with Gasteiger partial charge in [-0.05, 0) is 47.6 Å². The molecule has 0 amide bonds. The summed E-state index contributed by atoms with van der Waals surface area (Å²) in [6.45, 7) is 2.09. The van der Waals surface area contributed by atoms with Gasteiger partial charge in [0.15, 0.2) is 0 Å². The highest BCUT2D eigenvalue weighted by Crippen LogP contribution is 2.54. The van der Waals surface area contributed by atoms with E-state index in [0.717, 1.165) is 17.7 Å². The standard InChI is InChI=1S/C24H21NO2/c1-14-9-11-15(12-10-14)22-20-13-16-5-2-3-6-17(16)21(20)18-7-4-8-19(24(26)27)23(18)25-22/h2-12,20-22,25H,13H2,1H3,(H,26,27)/t20-,21+,22-/m0/s1. The molecule has 27 heavy (non-hydrogen) atoms. The second-order valence-corrected chi connectivity index (χ2v) is 7.65. The fourth-order valence-electron chi connectivity index (χ4n) is 4.87. The number of hydrogen-bond donors (Lipinski definition) is 2. The first-order valence-corrected chi connectivity index (χ1v) is 9.40. The Kier molecular flexibility index (Phi) is 3.57. The second kappa shape index (κ2) is 5.98. The molecule has 0 unspecified atom stereocenters. The fourth-order valence-corrected chi connectivity index (χ4v) is 4.87. The number of rotatable bonds is 2. The summed E-state index contributed by atoms with van der Waals surface area (Å²) < 4.78 is 0. The Balaban J connectivity index is 1.72. The highest BCUT2D eigenvalue weighted by Gasteiger charge is 2.44. The molecule has 0 fully saturated rings. The zero-order valence-corrected chi connectivity index (χ0v) is 15.1. The largest absolute Gasteiger partial charge is 0.478 e. The Morgan fingerprint density at radius 3 is 2.48 bits per heavy atom. The van der Waals surface area contributed by atoms with E-state index in [1.165, 1.54) is 22.3 Å². The summed E-state index contributed by atoms with van der Waals surface area (Å²) in [7, 11) is 0. The molecule has 0 bridgehead atoms. The second-order valence-electron chi connectivity index (χ2n) is 7.65. The van der Waals surface area contributed by atoms with Gasteiger partial charge in [-0.15, -0.1) is 0 Å². The maximum Gasteiger partial charge on any atom is 0.337 e. The van der Waals surface area contributed by atoms with E-state index in [2.05, 4.69) is 66.8 Å². The molecule has 0 spiro atoms. The van der Waals surface area contributed by atoms with Crippen LogP contribution in [-0.2, 0) is 6.42 Å². The Morgan fingerprint density at radius 1 is 0.963 bits per heavy atom. The lowest BCUT2D eigenvalue weighted by Gasteiger charge is -2.38. The average molecular weight is 355 g/mol. The van der Waals surface area contributed by atoms with Crippen LogP contribution in [0.3, 0.4) is 0 Å². The molecule has 0 aromatic heterocycles. The van der Waals surface area contributed by atoms with Crippen LogP contribution in [0, 0.1) is 12.8 Å². The first-order chi connectivity index (χ1) is 13.1. The molecular weight excluding hydrogens is 334 g/mol. The van der Waals surface area contributed by atoms with Gasteiger partial charge in [-0.1, -0.05) is 66.2 Å². The highest BCUT2D eigenvalue weighted by atomic mass is 16.4. The van der Waals surface area contributed by atoms with Crippen LogP contribution in [0.15, 0.2) is 66.7 Å². The molecule has 0 saturated heterocycles. The topological polar surface area (TPSA) is 49.3 Å². The van der Waals surface area contributed by atoms with Crippen molar-refractivity contribution in [2.75, 3.05) is 5.32 Å². The third kappa shape index (κ3) is 2.46. The fraction of sp³-hybridized carbons (Fsp3) is 0.208. The monoisotopic (exact) mass is 355 g/mol. The van der Waals surface area contributed by atoms with E-state index < -0.39 is 5.97 Å². The molecule has 134 valence electrons. The van der Waals surface area contributed by atoms with Crippen LogP contribution in [0.25, 0.3) is 0 Å². The van der Waals surface area contributed by atoms with Gasteiger partial charge < -0.3 is 10.4 Å². The summed E-state index contributed by atoms with van der Waals surface area (Å²) in [6.07, 6.45) is 1.00. The first kappa shape index (κ1) is 16.1. The van der Waals surface area contributed by atoms with Gasteiger partial charge in [-0.3, -0.25) is 0 Å². The molecule has 0 radical (unpaired) electrons. The van der Waals surface area contributed by atoms with Crippen LogP contribution in [0.1, 0.15) is 50.1 Å². The zero-order valence-electron chi connectivity index (χ0n) is 15.1. The van der Waals surface area contributed by atoms with Gasteiger partial charge in [0.2, 0.25) is 0 Å². The first-order valence-electron chi connectivity index (χ1n) is 9.40. The number of aryl methyl sites for hydroxylation is 1. The van der Waals surface area contributed by atoms with Gasteiger partial charge in [-0.2, -0.15) is 0 Å². The molecule has 2 aliphatic rings. The van der Waals surface area contributed by atoms with Crippen molar-refractivity contribution in [1.82, 2.24) is 0 Å². The van der Waals surface area contributed by atoms with Gasteiger partial charge >= 0.3 is 5.97 Å². The summed E-state index contributed by atoms with van der Waals surface area (Å²) >= 11 is 0. The van der Waals surface area contributed by atoms with Crippen molar-refractivity contribution in [1.29, 1.82) is 0 Å². The Morgan fingerprint density at radius 2 is 1.70 bits per heavy atom. The van der Waals surface area contributed by atoms with Crippen LogP contribution >= 0.6 is 0 Å². The maximum absolute atomic E-state index is 11.9. The van der Waals surface area contributed by atoms with Gasteiger partial charge in [-0.25, -0.2) is 4.79 Å². The smallest absolute Gasteiger partial charge is 0.337 e. The quantitative estimate of drug-likeness (QED) is 0.667. The van der Waals surface area contributed by atoms with Crippen molar-refractivity contribution in [2.24, 2.45) is 5.92 Å². The van der Waals surface area contributed by atoms with E-state index in [-0.39, 0.29) is 12.0 Å². The number of hydrogen-bond acceptors (Lipinski definition) is 2. The molecule has 3 aromatic rings. The normalized spacial score (nSPS) is 22.3. The molecule has 2 N–H and O–H groups in total. The molecule has 1 aliphatic heterocycles. The molecule has 1 heterocycles. The van der Waals surface area contributed by atoms with Crippen molar-refractivity contribution in [3.05, 3.63) is 100 Å². The minimum absolute atomic E-state index is 0.0935. The van der Waals surface area contributed by atoms with Crippen LogP contribution in [0.4, 0.5) is 5.69 Å². The summed E-state index contributed by atoms with van der Waals surface area (Å²) in [5, 5.41) is 13.3. The summed E-state index contributed by atoms with van der Waals surface area (Å²) in [4.78, 5) is 11.9. The molecule has 3 aromatic carbocycles. The lowest BCUT2D eigenvalue weighted by molar-refractivity contribution is 0.0697. The molecule has 5 rings (SSSR count). The maximum atomic E-state index is 11.9. The molecular formula is C24H21NO2. The number of anilines is 1. The van der Waals surface area contributed by atoms with Crippen molar-refractivity contribution in [2.45, 2.75) is 25.3 Å². The third-order valence-electron chi connectivity index (χ3n) is 6.10. The van der Waals surface area contributed by atoms with Gasteiger partial charge in [0.05, 0.1) is 17.3 Å². The van der Waals surface area contributed by atoms with E-state index in [9.17, 15) is 9.90 Å². The lowest BCUT2D eigenvalue weighted by atomic mass is 9.75. The van der Waals surface area contributed by atoms with E-state index in [4.69, 9.17) is 0 Å². The van der Waals surface area contributed by atoms with Crippen molar-refractivity contribution in [3.63, 3.8) is 0 Å². The van der Waals surface area contributed by atoms with Crippen molar-refractivity contribution < 1.29 is 9.90 Å². The van der Waals surface area contributed by atoms with Crippen LogP contribution in [0.2, 0.25) is 0 Å². The van der Waals surface area contributed by atoms with Crippen molar-refractivity contribution in [3.8, 4) is 0 Å². The minimum atomic E-state index is -0.883. The van der Waals surface area contributed by atoms with E-state index in [1.54, 1.807) is 6.07 Å². The number of para-hydroxylation sites is 1. The van der Waals surface area contributed by atoms with Crippen LogP contribution < -0.4 is 5.32 Å². The summed E-state index contributed by atoms with van der Waals surface area (Å²) in [6, 6.07) is 22.9. The van der Waals surface area contributed by atoms with Gasteiger partial charge in [0, 0.05) is 5.92 Å². The van der Waals surface area contributed by atoms with Gasteiger partial charge in [0.1, 0.15) is 0 Å². The molecule has 3 nitrogen and oxygen atoms in total. The SMILES string of the molecule is Cc1ccc([C@@H]2Nc3c(C(=O)O)cccc3[C@H]3c4ccccc4C[C@@H]32)cc1. The molecule has 3 heteroatoms. The number of carbonyl (C=O) groups is 1. The van der Waals surface area contributed by atoms with E-state index in [1.807, 2.05) is 6.07 Å². The summed E-state index contributed by atoms with van der Waals surface area (Å²) in [5.74, 6) is -0.281. The molecule has 3 atom stereocenters. The molecule has 0 saturated carbocycles. The average Bonchev–Trinajstić information content (AvgIpc) is 3.07. The van der Waals surface area contributed by atoms with E-state index in [0.29, 0.717) is 11.5 Å². The number of benzene rings is 3. The number of nitrogens with one attached hydrogen (secondary N) is 1. The minimum Gasteiger partial charge on any atom is -0.478 e. The van der Waals surface area contributed by atoms with Crippen molar-refractivity contribution >= 4 is 11.7 Å². The lowest BCUT2D eigenvalue weighted by Crippen LogP contribution is -2.31. The number of aromatic carboxylic acids is 1. The Hall–Kier alpha value is -3.07.